The van der Waals surface area contributed by atoms with Crippen molar-refractivity contribution >= 4 is 11.8 Å². The van der Waals surface area contributed by atoms with E-state index in [9.17, 15) is 14.0 Å². The van der Waals surface area contributed by atoms with Gasteiger partial charge in [0.05, 0.1) is 6.67 Å². The highest BCUT2D eigenvalue weighted by Crippen LogP contribution is 2.19. The van der Waals surface area contributed by atoms with Crippen LogP contribution in [0.4, 0.5) is 4.39 Å². The summed E-state index contributed by atoms with van der Waals surface area (Å²) < 4.78 is 12.3. The Hall–Kier alpha value is -1.13. The van der Waals surface area contributed by atoms with Crippen LogP contribution in [0.1, 0.15) is 40.0 Å². The number of piperazine rings is 1. The van der Waals surface area contributed by atoms with Gasteiger partial charge in [-0.1, -0.05) is 27.2 Å². The van der Waals surface area contributed by atoms with Gasteiger partial charge in [-0.2, -0.15) is 0 Å². The molecule has 0 saturated carbocycles. The second-order valence-electron chi connectivity index (χ2n) is 4.87. The van der Waals surface area contributed by atoms with E-state index in [0.717, 1.165) is 6.42 Å². The highest BCUT2D eigenvalue weighted by molar-refractivity contribution is 5.97. The Kier molecular flexibility index (Phi) is 5.56. The summed E-state index contributed by atoms with van der Waals surface area (Å²) in [6, 6.07) is -0.894. The Morgan fingerprint density at radius 2 is 2.06 bits per heavy atom. The van der Waals surface area contributed by atoms with Crippen molar-refractivity contribution in [3.8, 4) is 0 Å². The predicted octanol–water partition coefficient (Wildman–Crippen LogP) is 1.50. The highest BCUT2D eigenvalue weighted by atomic mass is 19.1. The molecular weight excluding hydrogens is 235 g/mol. The van der Waals surface area contributed by atoms with E-state index >= 15 is 0 Å². The van der Waals surface area contributed by atoms with Gasteiger partial charge < -0.3 is 10.2 Å². The van der Waals surface area contributed by atoms with Crippen LogP contribution < -0.4 is 5.32 Å². The number of rotatable bonds is 6. The normalized spacial score (nSPS) is 26.1. The molecule has 0 aromatic heterocycles. The Morgan fingerprint density at radius 1 is 1.39 bits per heavy atom. The summed E-state index contributed by atoms with van der Waals surface area (Å²) in [6.45, 7) is 5.66. The molecule has 1 saturated heterocycles. The molecule has 0 aliphatic carbocycles. The van der Waals surface area contributed by atoms with Crippen LogP contribution in [0.25, 0.3) is 0 Å². The summed E-state index contributed by atoms with van der Waals surface area (Å²) in [5.74, 6) is -0.0716. The monoisotopic (exact) mass is 258 g/mol. The number of nitrogens with one attached hydrogen (secondary N) is 1. The first kappa shape index (κ1) is 14.9. The minimum atomic E-state index is -0.462. The molecule has 0 spiro atoms. The number of carbonyl (C=O) groups excluding carboxylic acids is 2. The molecule has 2 amide bonds. The molecule has 1 fully saturated rings. The number of amides is 2. The molecule has 1 rings (SSSR count). The van der Waals surface area contributed by atoms with Crippen molar-refractivity contribution in [2.45, 2.75) is 52.1 Å². The minimum Gasteiger partial charge on any atom is -0.342 e. The summed E-state index contributed by atoms with van der Waals surface area (Å²) in [5.41, 5.74) is 0. The second-order valence-corrected chi connectivity index (χ2v) is 4.87. The van der Waals surface area contributed by atoms with Crippen molar-refractivity contribution in [3.63, 3.8) is 0 Å². The van der Waals surface area contributed by atoms with Crippen molar-refractivity contribution in [2.24, 2.45) is 5.92 Å². The van der Waals surface area contributed by atoms with Crippen molar-refractivity contribution in [1.82, 2.24) is 10.2 Å². The summed E-state index contributed by atoms with van der Waals surface area (Å²) in [7, 11) is 0. The van der Waals surface area contributed by atoms with Crippen molar-refractivity contribution in [1.29, 1.82) is 0 Å². The minimum absolute atomic E-state index is 0.0655. The first-order valence-corrected chi connectivity index (χ1v) is 6.73. The fraction of sp³-hybridized carbons (Fsp3) is 0.846. The van der Waals surface area contributed by atoms with E-state index < -0.39 is 18.8 Å². The van der Waals surface area contributed by atoms with Crippen LogP contribution in [0.15, 0.2) is 0 Å². The van der Waals surface area contributed by atoms with E-state index in [1.807, 2.05) is 20.8 Å². The number of nitrogens with zero attached hydrogens (tertiary/aromatic N) is 1. The van der Waals surface area contributed by atoms with Gasteiger partial charge in [0.2, 0.25) is 11.8 Å². The SMILES string of the molecule is CCC(C)C1NC(=O)C(CC)N(CCCF)C1=O. The first-order chi connectivity index (χ1) is 8.56. The lowest BCUT2D eigenvalue weighted by atomic mass is 9.93. The lowest BCUT2D eigenvalue weighted by Crippen LogP contribution is -2.64. The van der Waals surface area contributed by atoms with Crippen LogP contribution in [-0.2, 0) is 9.59 Å². The maximum Gasteiger partial charge on any atom is 0.246 e. The Morgan fingerprint density at radius 3 is 2.56 bits per heavy atom. The quantitative estimate of drug-likeness (QED) is 0.785. The molecule has 3 unspecified atom stereocenters. The third-order valence-electron chi connectivity index (χ3n) is 3.66. The Balaban J connectivity index is 2.86. The van der Waals surface area contributed by atoms with Crippen LogP contribution in [0.5, 0.6) is 0 Å². The molecule has 4 nitrogen and oxygen atoms in total. The fourth-order valence-electron chi connectivity index (χ4n) is 2.31. The van der Waals surface area contributed by atoms with E-state index in [2.05, 4.69) is 5.32 Å². The largest absolute Gasteiger partial charge is 0.342 e. The average molecular weight is 258 g/mol. The van der Waals surface area contributed by atoms with Crippen LogP contribution in [0.3, 0.4) is 0 Å². The molecule has 1 aliphatic rings. The second kappa shape index (κ2) is 6.71. The van der Waals surface area contributed by atoms with Gasteiger partial charge >= 0.3 is 0 Å². The zero-order valence-corrected chi connectivity index (χ0v) is 11.4. The predicted molar refractivity (Wildman–Crippen MR) is 67.8 cm³/mol. The summed E-state index contributed by atoms with van der Waals surface area (Å²) in [6.07, 6.45) is 1.68. The number of hydrogen-bond donors (Lipinski definition) is 1. The van der Waals surface area contributed by atoms with Gasteiger partial charge in [0, 0.05) is 6.54 Å². The molecule has 104 valence electrons. The fourth-order valence-corrected chi connectivity index (χ4v) is 2.31. The number of halogens is 1. The zero-order valence-electron chi connectivity index (χ0n) is 11.4. The van der Waals surface area contributed by atoms with Gasteiger partial charge in [-0.25, -0.2) is 0 Å². The molecule has 1 heterocycles. The van der Waals surface area contributed by atoms with Gasteiger partial charge in [0.25, 0.3) is 0 Å². The molecule has 18 heavy (non-hydrogen) atoms. The van der Waals surface area contributed by atoms with E-state index in [0.29, 0.717) is 19.4 Å². The maximum atomic E-state index is 12.3. The number of alkyl halides is 1. The van der Waals surface area contributed by atoms with Crippen LogP contribution in [0.2, 0.25) is 0 Å². The zero-order chi connectivity index (χ0) is 13.7. The van der Waals surface area contributed by atoms with Crippen LogP contribution in [-0.4, -0.2) is 42.0 Å². The van der Waals surface area contributed by atoms with Crippen LogP contribution in [0, 0.1) is 5.92 Å². The molecular formula is C13H23FN2O2. The molecule has 3 atom stereocenters. The van der Waals surface area contributed by atoms with Gasteiger partial charge in [-0.3, -0.25) is 14.0 Å². The summed E-state index contributed by atoms with van der Waals surface area (Å²) in [5, 5.41) is 2.80. The molecule has 1 aliphatic heterocycles. The van der Waals surface area contributed by atoms with Crippen molar-refractivity contribution in [3.05, 3.63) is 0 Å². The molecule has 0 aromatic carbocycles. The van der Waals surface area contributed by atoms with E-state index in [1.54, 1.807) is 4.90 Å². The molecule has 0 aromatic rings. The lowest BCUT2D eigenvalue weighted by molar-refractivity contribution is -0.151. The standard InChI is InChI=1S/C13H23FN2O2/c1-4-9(3)11-13(18)16(8-6-7-14)10(5-2)12(17)15-11/h9-11H,4-8H2,1-3H3,(H,15,17). The Bertz CT molecular complexity index is 309. The van der Waals surface area contributed by atoms with Gasteiger partial charge in [0.1, 0.15) is 12.1 Å². The summed E-state index contributed by atoms with van der Waals surface area (Å²) in [4.78, 5) is 25.9. The van der Waals surface area contributed by atoms with E-state index in [1.165, 1.54) is 0 Å². The highest BCUT2D eigenvalue weighted by Gasteiger charge is 2.40. The topological polar surface area (TPSA) is 49.4 Å². The average Bonchev–Trinajstić information content (AvgIpc) is 2.38. The Labute approximate surface area is 108 Å². The molecule has 0 radical (unpaired) electrons. The van der Waals surface area contributed by atoms with Crippen molar-refractivity contribution < 1.29 is 14.0 Å². The maximum absolute atomic E-state index is 12.3. The first-order valence-electron chi connectivity index (χ1n) is 6.73. The van der Waals surface area contributed by atoms with Gasteiger partial charge in [-0.15, -0.1) is 0 Å². The van der Waals surface area contributed by atoms with Crippen LogP contribution >= 0.6 is 0 Å². The molecule has 5 heteroatoms. The van der Waals surface area contributed by atoms with Gasteiger partial charge in [0.15, 0.2) is 0 Å². The molecule has 1 N–H and O–H groups in total. The van der Waals surface area contributed by atoms with Gasteiger partial charge in [-0.05, 0) is 18.8 Å². The number of hydrogen-bond acceptors (Lipinski definition) is 2. The smallest absolute Gasteiger partial charge is 0.246 e. The summed E-state index contributed by atoms with van der Waals surface area (Å²) >= 11 is 0. The lowest BCUT2D eigenvalue weighted by Gasteiger charge is -2.40. The third kappa shape index (κ3) is 3.00. The van der Waals surface area contributed by atoms with E-state index in [4.69, 9.17) is 0 Å². The van der Waals surface area contributed by atoms with Crippen molar-refractivity contribution in [2.75, 3.05) is 13.2 Å². The van der Waals surface area contributed by atoms with E-state index in [-0.39, 0.29) is 17.7 Å². The molecule has 0 bridgehead atoms. The number of carbonyl (C=O) groups is 2. The third-order valence-corrected chi connectivity index (χ3v) is 3.66.